The molecule has 28 heavy (non-hydrogen) atoms. The maximum Gasteiger partial charge on any atom is 0.357 e. The van der Waals surface area contributed by atoms with E-state index >= 15 is 0 Å². The molecule has 1 aliphatic heterocycles. The highest BCUT2D eigenvalue weighted by molar-refractivity contribution is 6.01. The Balaban J connectivity index is 1.97. The van der Waals surface area contributed by atoms with Crippen LogP contribution in [0.25, 0.3) is 10.8 Å². The number of aromatic carboxylic acids is 1. The molecule has 1 aromatic heterocycles. The van der Waals surface area contributed by atoms with Crippen LogP contribution >= 0.6 is 0 Å². The zero-order valence-electron chi connectivity index (χ0n) is 15.1. The predicted molar refractivity (Wildman–Crippen MR) is 103 cm³/mol. The highest BCUT2D eigenvalue weighted by Gasteiger charge is 2.32. The van der Waals surface area contributed by atoms with Crippen LogP contribution in [0, 0.1) is 0 Å². The van der Waals surface area contributed by atoms with Gasteiger partial charge in [0.15, 0.2) is 11.7 Å². The summed E-state index contributed by atoms with van der Waals surface area (Å²) < 4.78 is 1.03. The monoisotopic (exact) mass is 377 g/mol. The van der Waals surface area contributed by atoms with E-state index in [0.29, 0.717) is 18.7 Å². The molecule has 142 valence electrons. The first kappa shape index (κ1) is 17.9. The van der Waals surface area contributed by atoms with Crippen LogP contribution in [0.3, 0.4) is 0 Å². The molecule has 4 rings (SSSR count). The highest BCUT2D eigenvalue weighted by Crippen LogP contribution is 2.23. The number of likely N-dealkylation sites (tertiary alicyclic amines) is 1. The SMILES string of the molecule is O=C(O)c1nn([C@H](C(=O)N2CCCC2)c2ccccc2)c(=O)c2ccccc12. The third-order valence-corrected chi connectivity index (χ3v) is 5.04. The lowest BCUT2D eigenvalue weighted by molar-refractivity contribution is -0.132. The van der Waals surface area contributed by atoms with Gasteiger partial charge in [0, 0.05) is 18.5 Å². The van der Waals surface area contributed by atoms with E-state index in [1.165, 1.54) is 0 Å². The lowest BCUT2D eigenvalue weighted by atomic mass is 10.0. The number of rotatable bonds is 4. The lowest BCUT2D eigenvalue weighted by Crippen LogP contribution is -2.41. The normalized spacial score (nSPS) is 14.9. The van der Waals surface area contributed by atoms with Crippen molar-refractivity contribution in [3.63, 3.8) is 0 Å². The summed E-state index contributed by atoms with van der Waals surface area (Å²) in [4.78, 5) is 40.0. The van der Waals surface area contributed by atoms with Gasteiger partial charge in [-0.3, -0.25) is 9.59 Å². The summed E-state index contributed by atoms with van der Waals surface area (Å²) in [7, 11) is 0. The Morgan fingerprint density at radius 3 is 2.18 bits per heavy atom. The van der Waals surface area contributed by atoms with Crippen molar-refractivity contribution in [2.75, 3.05) is 13.1 Å². The largest absolute Gasteiger partial charge is 0.476 e. The number of benzene rings is 2. The Hall–Kier alpha value is -3.48. The van der Waals surface area contributed by atoms with Gasteiger partial charge in [-0.15, -0.1) is 0 Å². The predicted octanol–water partition coefficient (Wildman–Crippen LogP) is 2.31. The number of hydrogen-bond acceptors (Lipinski definition) is 4. The van der Waals surface area contributed by atoms with E-state index in [9.17, 15) is 19.5 Å². The minimum Gasteiger partial charge on any atom is -0.476 e. The molecule has 1 N–H and O–H groups in total. The fraction of sp³-hybridized carbons (Fsp3) is 0.238. The number of aromatic nitrogens is 2. The number of carbonyl (C=O) groups is 2. The molecule has 0 unspecified atom stereocenters. The van der Waals surface area contributed by atoms with Crippen LogP contribution in [0.1, 0.15) is 34.9 Å². The first-order valence-corrected chi connectivity index (χ1v) is 9.16. The third kappa shape index (κ3) is 3.05. The topological polar surface area (TPSA) is 92.5 Å². The third-order valence-electron chi connectivity index (χ3n) is 5.04. The maximum atomic E-state index is 13.3. The van der Waals surface area contributed by atoms with Crippen LogP contribution in [0.4, 0.5) is 0 Å². The molecular weight excluding hydrogens is 358 g/mol. The van der Waals surface area contributed by atoms with E-state index in [-0.39, 0.29) is 22.4 Å². The number of carboxylic acids is 1. The molecule has 1 fully saturated rings. The number of carbonyl (C=O) groups excluding carboxylic acids is 1. The Morgan fingerprint density at radius 1 is 0.929 bits per heavy atom. The van der Waals surface area contributed by atoms with Crippen molar-refractivity contribution in [2.24, 2.45) is 0 Å². The van der Waals surface area contributed by atoms with Gasteiger partial charge in [0.05, 0.1) is 5.39 Å². The Morgan fingerprint density at radius 2 is 1.54 bits per heavy atom. The van der Waals surface area contributed by atoms with Crippen LogP contribution in [0.5, 0.6) is 0 Å². The van der Waals surface area contributed by atoms with Gasteiger partial charge in [-0.2, -0.15) is 5.10 Å². The number of nitrogens with zero attached hydrogens (tertiary/aromatic N) is 3. The van der Waals surface area contributed by atoms with Crippen molar-refractivity contribution in [2.45, 2.75) is 18.9 Å². The molecule has 0 spiro atoms. The highest BCUT2D eigenvalue weighted by atomic mass is 16.4. The van der Waals surface area contributed by atoms with E-state index < -0.39 is 17.6 Å². The zero-order valence-corrected chi connectivity index (χ0v) is 15.1. The standard InChI is InChI=1S/C21H19N3O4/c25-19-16-11-5-4-10-15(16)17(21(27)28)22-24(19)18(14-8-2-1-3-9-14)20(26)23-12-6-7-13-23/h1-5,8-11,18H,6-7,12-13H2,(H,27,28)/t18-/m0/s1. The van der Waals surface area contributed by atoms with Crippen molar-refractivity contribution in [1.82, 2.24) is 14.7 Å². The molecule has 0 aliphatic carbocycles. The summed E-state index contributed by atoms with van der Waals surface area (Å²) in [6, 6.07) is 14.3. The van der Waals surface area contributed by atoms with Gasteiger partial charge >= 0.3 is 5.97 Å². The smallest absolute Gasteiger partial charge is 0.357 e. The van der Waals surface area contributed by atoms with Gasteiger partial charge in [0.1, 0.15) is 0 Å². The fourth-order valence-corrected chi connectivity index (χ4v) is 3.67. The average molecular weight is 377 g/mol. The van der Waals surface area contributed by atoms with E-state index in [2.05, 4.69) is 5.10 Å². The number of hydrogen-bond donors (Lipinski definition) is 1. The van der Waals surface area contributed by atoms with Crippen molar-refractivity contribution >= 4 is 22.6 Å². The molecular formula is C21H19N3O4. The molecule has 1 atom stereocenters. The maximum absolute atomic E-state index is 13.3. The molecule has 7 nitrogen and oxygen atoms in total. The van der Waals surface area contributed by atoms with Gasteiger partial charge in [0.2, 0.25) is 0 Å². The van der Waals surface area contributed by atoms with Crippen molar-refractivity contribution < 1.29 is 14.7 Å². The second kappa shape index (κ2) is 7.26. The van der Waals surface area contributed by atoms with Gasteiger partial charge in [-0.1, -0.05) is 48.5 Å². The molecule has 3 aromatic rings. The molecule has 2 heterocycles. The van der Waals surface area contributed by atoms with E-state index in [4.69, 9.17) is 0 Å². The van der Waals surface area contributed by atoms with E-state index in [1.54, 1.807) is 53.4 Å². The second-order valence-electron chi connectivity index (χ2n) is 6.79. The molecule has 2 aromatic carbocycles. The second-order valence-corrected chi connectivity index (χ2v) is 6.79. The molecule has 0 saturated carbocycles. The number of fused-ring (bicyclic) bond motifs is 1. The van der Waals surface area contributed by atoms with Crippen LogP contribution in [-0.2, 0) is 4.79 Å². The van der Waals surface area contributed by atoms with Crippen LogP contribution < -0.4 is 5.56 Å². The Kier molecular flexibility index (Phi) is 4.65. The fourth-order valence-electron chi connectivity index (χ4n) is 3.67. The van der Waals surface area contributed by atoms with E-state index in [0.717, 1.165) is 17.5 Å². The lowest BCUT2D eigenvalue weighted by Gasteiger charge is -2.25. The number of amides is 1. The first-order chi connectivity index (χ1) is 13.6. The van der Waals surface area contributed by atoms with Crippen molar-refractivity contribution in [1.29, 1.82) is 0 Å². The summed E-state index contributed by atoms with van der Waals surface area (Å²) in [5.41, 5.74) is -0.132. The molecule has 1 amide bonds. The Labute approximate surface area is 160 Å². The summed E-state index contributed by atoms with van der Waals surface area (Å²) in [6.45, 7) is 1.24. The number of carboxylic acid groups (broad SMARTS) is 1. The molecule has 0 radical (unpaired) electrons. The average Bonchev–Trinajstić information content (AvgIpc) is 3.25. The van der Waals surface area contributed by atoms with Crippen LogP contribution in [-0.4, -0.2) is 44.8 Å². The first-order valence-electron chi connectivity index (χ1n) is 9.16. The van der Waals surface area contributed by atoms with Gasteiger partial charge < -0.3 is 10.0 Å². The molecule has 7 heteroatoms. The van der Waals surface area contributed by atoms with E-state index in [1.807, 2.05) is 6.07 Å². The van der Waals surface area contributed by atoms with Gasteiger partial charge in [-0.05, 0) is 24.5 Å². The summed E-state index contributed by atoms with van der Waals surface area (Å²) in [5, 5.41) is 14.2. The Bertz CT molecular complexity index is 1100. The molecule has 0 bridgehead atoms. The van der Waals surface area contributed by atoms with Crippen molar-refractivity contribution in [3.8, 4) is 0 Å². The van der Waals surface area contributed by atoms with Gasteiger partial charge in [0.25, 0.3) is 11.5 Å². The van der Waals surface area contributed by atoms with Crippen LogP contribution in [0.15, 0.2) is 59.4 Å². The summed E-state index contributed by atoms with van der Waals surface area (Å²) in [5.74, 6) is -1.49. The minimum absolute atomic E-state index is 0.227. The summed E-state index contributed by atoms with van der Waals surface area (Å²) in [6.07, 6.45) is 1.82. The van der Waals surface area contributed by atoms with Gasteiger partial charge in [-0.25, -0.2) is 9.48 Å². The zero-order chi connectivity index (χ0) is 19.7. The van der Waals surface area contributed by atoms with Crippen LogP contribution in [0.2, 0.25) is 0 Å². The van der Waals surface area contributed by atoms with Crippen molar-refractivity contribution in [3.05, 3.63) is 76.2 Å². The summed E-state index contributed by atoms with van der Waals surface area (Å²) >= 11 is 0. The molecule has 1 aliphatic rings. The molecule has 1 saturated heterocycles. The minimum atomic E-state index is -1.25. The quantitative estimate of drug-likeness (QED) is 0.753.